The molecule has 0 saturated heterocycles. The van der Waals surface area contributed by atoms with Crippen LogP contribution in [0.3, 0.4) is 0 Å². The van der Waals surface area contributed by atoms with E-state index >= 15 is 0 Å². The molecule has 1 amide bonds. The number of nitrogens with one attached hydrogen (secondary N) is 1. The molecule has 1 atom stereocenters. The van der Waals surface area contributed by atoms with Crippen molar-refractivity contribution in [1.29, 1.82) is 0 Å². The molecule has 4 rings (SSSR count). The maximum atomic E-state index is 13.0. The van der Waals surface area contributed by atoms with Crippen molar-refractivity contribution >= 4 is 21.8 Å². The van der Waals surface area contributed by atoms with Gasteiger partial charge in [0, 0.05) is 15.6 Å². The van der Waals surface area contributed by atoms with Gasteiger partial charge in [0.25, 0.3) is 5.91 Å². The van der Waals surface area contributed by atoms with Gasteiger partial charge in [0.2, 0.25) is 5.89 Å². The van der Waals surface area contributed by atoms with Crippen molar-refractivity contribution in [3.63, 3.8) is 0 Å². The Kier molecular flexibility index (Phi) is 5.58. The zero-order chi connectivity index (χ0) is 20.2. The van der Waals surface area contributed by atoms with E-state index in [0.29, 0.717) is 22.8 Å². The summed E-state index contributed by atoms with van der Waals surface area (Å²) in [6, 6.07) is 24.9. The first-order valence-electron chi connectivity index (χ1n) is 9.29. The van der Waals surface area contributed by atoms with Crippen molar-refractivity contribution in [2.24, 2.45) is 0 Å². The molecule has 3 aromatic carbocycles. The van der Waals surface area contributed by atoms with Crippen molar-refractivity contribution in [3.8, 4) is 22.8 Å². The van der Waals surface area contributed by atoms with Crippen LogP contribution in [0.1, 0.15) is 28.9 Å². The van der Waals surface area contributed by atoms with Gasteiger partial charge >= 0.3 is 0 Å². The lowest BCUT2D eigenvalue weighted by Crippen LogP contribution is -2.27. The second kappa shape index (κ2) is 8.45. The molecule has 4 aromatic rings. The van der Waals surface area contributed by atoms with Crippen LogP contribution < -0.4 is 5.32 Å². The van der Waals surface area contributed by atoms with Crippen molar-refractivity contribution in [1.82, 2.24) is 10.3 Å². The maximum Gasteiger partial charge on any atom is 0.252 e. The summed E-state index contributed by atoms with van der Waals surface area (Å²) >= 11 is 3.47. The first kappa shape index (κ1) is 19.2. The Hall–Kier alpha value is -3.18. The molecule has 4 nitrogen and oxygen atoms in total. The average Bonchev–Trinajstić information content (AvgIpc) is 3.24. The molecule has 144 valence electrons. The van der Waals surface area contributed by atoms with Crippen LogP contribution in [0.25, 0.3) is 22.8 Å². The smallest absolute Gasteiger partial charge is 0.252 e. The number of benzene rings is 3. The van der Waals surface area contributed by atoms with Crippen LogP contribution in [0.5, 0.6) is 0 Å². The van der Waals surface area contributed by atoms with Crippen LogP contribution in [0.4, 0.5) is 0 Å². The highest BCUT2D eigenvalue weighted by atomic mass is 79.9. The highest BCUT2D eigenvalue weighted by molar-refractivity contribution is 9.10. The SMILES string of the molecule is CC(NC(=O)c1ccccc1-c1ncc(-c2cccc(Br)c2)o1)c1ccccc1. The summed E-state index contributed by atoms with van der Waals surface area (Å²) in [6.07, 6.45) is 1.68. The first-order chi connectivity index (χ1) is 14.1. The second-order valence-electron chi connectivity index (χ2n) is 6.69. The third-order valence-corrected chi connectivity index (χ3v) is 5.16. The Labute approximate surface area is 177 Å². The van der Waals surface area contributed by atoms with E-state index in [1.54, 1.807) is 12.3 Å². The van der Waals surface area contributed by atoms with Gasteiger partial charge in [-0.25, -0.2) is 4.98 Å². The Morgan fingerprint density at radius 2 is 1.76 bits per heavy atom. The minimum atomic E-state index is -0.167. The van der Waals surface area contributed by atoms with Crippen molar-refractivity contribution in [2.45, 2.75) is 13.0 Å². The molecule has 0 saturated carbocycles. The minimum absolute atomic E-state index is 0.112. The lowest BCUT2D eigenvalue weighted by atomic mass is 10.0. The van der Waals surface area contributed by atoms with E-state index < -0.39 is 0 Å². The second-order valence-corrected chi connectivity index (χ2v) is 7.61. The fourth-order valence-electron chi connectivity index (χ4n) is 3.14. The zero-order valence-electron chi connectivity index (χ0n) is 15.8. The molecule has 0 radical (unpaired) electrons. The molecule has 0 aliphatic heterocycles. The van der Waals surface area contributed by atoms with E-state index in [4.69, 9.17) is 4.42 Å². The van der Waals surface area contributed by atoms with Gasteiger partial charge in [-0.1, -0.05) is 70.5 Å². The van der Waals surface area contributed by atoms with Gasteiger partial charge in [0.1, 0.15) is 0 Å². The zero-order valence-corrected chi connectivity index (χ0v) is 17.4. The van der Waals surface area contributed by atoms with Crippen molar-refractivity contribution < 1.29 is 9.21 Å². The van der Waals surface area contributed by atoms with Crippen LogP contribution in [-0.2, 0) is 0 Å². The number of carbonyl (C=O) groups is 1. The molecule has 0 aliphatic carbocycles. The van der Waals surface area contributed by atoms with Crippen molar-refractivity contribution in [2.75, 3.05) is 0 Å². The number of hydrogen-bond acceptors (Lipinski definition) is 3. The van der Waals surface area contributed by atoms with E-state index in [1.807, 2.05) is 79.7 Å². The van der Waals surface area contributed by atoms with E-state index in [1.165, 1.54) is 0 Å². The predicted molar refractivity (Wildman–Crippen MR) is 117 cm³/mol. The largest absolute Gasteiger partial charge is 0.436 e. The van der Waals surface area contributed by atoms with Gasteiger partial charge in [0.15, 0.2) is 5.76 Å². The number of amides is 1. The predicted octanol–water partition coefficient (Wildman–Crippen LogP) is 6.26. The Morgan fingerprint density at radius 3 is 2.55 bits per heavy atom. The molecule has 1 unspecified atom stereocenters. The monoisotopic (exact) mass is 446 g/mol. The van der Waals surface area contributed by atoms with E-state index in [2.05, 4.69) is 26.2 Å². The van der Waals surface area contributed by atoms with Crippen LogP contribution >= 0.6 is 15.9 Å². The number of halogens is 1. The van der Waals surface area contributed by atoms with E-state index in [-0.39, 0.29) is 11.9 Å². The average molecular weight is 447 g/mol. The van der Waals surface area contributed by atoms with Crippen molar-refractivity contribution in [3.05, 3.63) is 101 Å². The quantitative estimate of drug-likeness (QED) is 0.393. The molecule has 1 N–H and O–H groups in total. The lowest BCUT2D eigenvalue weighted by molar-refractivity contribution is 0.0940. The van der Waals surface area contributed by atoms with Gasteiger partial charge in [-0.3, -0.25) is 4.79 Å². The standard InChI is InChI=1S/C24H19BrN2O2/c1-16(17-8-3-2-4-9-17)27-23(28)20-12-5-6-13-21(20)24-26-15-22(29-24)18-10-7-11-19(25)14-18/h2-16H,1H3,(H,27,28). The van der Waals surface area contributed by atoms with Crippen LogP contribution in [0.15, 0.2) is 93.9 Å². The number of nitrogens with zero attached hydrogens (tertiary/aromatic N) is 1. The first-order valence-corrected chi connectivity index (χ1v) is 10.1. The highest BCUT2D eigenvalue weighted by Crippen LogP contribution is 2.29. The van der Waals surface area contributed by atoms with Gasteiger partial charge < -0.3 is 9.73 Å². The topological polar surface area (TPSA) is 55.1 Å². The fourth-order valence-corrected chi connectivity index (χ4v) is 3.54. The molecule has 0 fully saturated rings. The third kappa shape index (κ3) is 4.30. The van der Waals surface area contributed by atoms with Crippen LogP contribution in [-0.4, -0.2) is 10.9 Å². The Bertz CT molecular complexity index is 1140. The fraction of sp³-hybridized carbons (Fsp3) is 0.0833. The Morgan fingerprint density at radius 1 is 1.00 bits per heavy atom. The summed E-state index contributed by atoms with van der Waals surface area (Å²) in [5.41, 5.74) is 3.15. The summed E-state index contributed by atoms with van der Waals surface area (Å²) in [4.78, 5) is 17.4. The number of aromatic nitrogens is 1. The normalized spacial score (nSPS) is 11.8. The molecule has 1 aromatic heterocycles. The molecule has 0 aliphatic rings. The Balaban J connectivity index is 1.61. The van der Waals surface area contributed by atoms with Gasteiger partial charge in [-0.05, 0) is 36.8 Å². The van der Waals surface area contributed by atoms with Gasteiger partial charge in [-0.2, -0.15) is 0 Å². The number of hydrogen-bond donors (Lipinski definition) is 1. The molecule has 29 heavy (non-hydrogen) atoms. The summed E-state index contributed by atoms with van der Waals surface area (Å²) in [7, 11) is 0. The molecular formula is C24H19BrN2O2. The van der Waals surface area contributed by atoms with Gasteiger partial charge in [0.05, 0.1) is 17.8 Å². The highest BCUT2D eigenvalue weighted by Gasteiger charge is 2.18. The van der Waals surface area contributed by atoms with Crippen LogP contribution in [0, 0.1) is 0 Å². The lowest BCUT2D eigenvalue weighted by Gasteiger charge is -2.15. The number of rotatable bonds is 5. The van der Waals surface area contributed by atoms with E-state index in [9.17, 15) is 4.79 Å². The summed E-state index contributed by atoms with van der Waals surface area (Å²) in [6.45, 7) is 1.96. The summed E-state index contributed by atoms with van der Waals surface area (Å²) in [5, 5.41) is 3.05. The minimum Gasteiger partial charge on any atom is -0.436 e. The number of carbonyl (C=O) groups excluding carboxylic acids is 1. The molecule has 0 bridgehead atoms. The molecule has 0 spiro atoms. The van der Waals surface area contributed by atoms with E-state index in [0.717, 1.165) is 15.6 Å². The maximum absolute atomic E-state index is 13.0. The molecule has 5 heteroatoms. The van der Waals surface area contributed by atoms with Gasteiger partial charge in [-0.15, -0.1) is 0 Å². The summed E-state index contributed by atoms with van der Waals surface area (Å²) in [5.74, 6) is 0.895. The van der Waals surface area contributed by atoms with Crippen LogP contribution in [0.2, 0.25) is 0 Å². The third-order valence-electron chi connectivity index (χ3n) is 4.66. The number of oxazole rings is 1. The molecular weight excluding hydrogens is 428 g/mol. The summed E-state index contributed by atoms with van der Waals surface area (Å²) < 4.78 is 6.94. The molecule has 1 heterocycles.